The Morgan fingerprint density at radius 1 is 1.29 bits per heavy atom. The molecule has 0 fully saturated rings. The van der Waals surface area contributed by atoms with Gasteiger partial charge in [0.05, 0.1) is 22.7 Å². The predicted octanol–water partition coefficient (Wildman–Crippen LogP) is 2.46. The fraction of sp³-hybridized carbons (Fsp3) is 0.235. The molecule has 2 N–H and O–H groups in total. The van der Waals surface area contributed by atoms with Crippen LogP contribution in [0.4, 0.5) is 11.4 Å². The number of non-ortho nitro benzene ring substituents is 1. The lowest BCUT2D eigenvalue weighted by Gasteiger charge is -2.21. The maximum absolute atomic E-state index is 12.2. The van der Waals surface area contributed by atoms with E-state index in [9.17, 15) is 14.9 Å². The molecular weight excluding hydrogens is 330 g/mol. The molecule has 126 valence electrons. The molecule has 0 radical (unpaired) electrons. The van der Waals surface area contributed by atoms with Crippen LogP contribution < -0.4 is 10.2 Å². The van der Waals surface area contributed by atoms with E-state index in [4.69, 9.17) is 11.6 Å². The zero-order valence-electron chi connectivity index (χ0n) is 13.5. The van der Waals surface area contributed by atoms with Gasteiger partial charge in [-0.3, -0.25) is 14.9 Å². The van der Waals surface area contributed by atoms with Crippen molar-refractivity contribution in [2.24, 2.45) is 0 Å². The Morgan fingerprint density at radius 2 is 2.00 bits per heavy atom. The van der Waals surface area contributed by atoms with Gasteiger partial charge in [0.1, 0.15) is 6.04 Å². The van der Waals surface area contributed by atoms with Crippen LogP contribution in [0.5, 0.6) is 0 Å². The van der Waals surface area contributed by atoms with Gasteiger partial charge >= 0.3 is 0 Å². The summed E-state index contributed by atoms with van der Waals surface area (Å²) in [6.07, 6.45) is 0. The van der Waals surface area contributed by atoms with E-state index in [1.807, 2.05) is 20.0 Å². The van der Waals surface area contributed by atoms with Crippen molar-refractivity contribution in [3.63, 3.8) is 0 Å². The lowest BCUT2D eigenvalue weighted by atomic mass is 10.1. The maximum Gasteiger partial charge on any atom is 0.279 e. The zero-order chi connectivity index (χ0) is 17.7. The lowest BCUT2D eigenvalue weighted by Crippen LogP contribution is -3.10. The maximum atomic E-state index is 12.2. The smallest absolute Gasteiger partial charge is 0.279 e. The minimum Gasteiger partial charge on any atom is -0.324 e. The van der Waals surface area contributed by atoms with Crippen LogP contribution in [0.3, 0.4) is 0 Å². The second kappa shape index (κ2) is 7.90. The molecule has 24 heavy (non-hydrogen) atoms. The van der Waals surface area contributed by atoms with Crippen LogP contribution in [0.1, 0.15) is 18.5 Å². The lowest BCUT2D eigenvalue weighted by molar-refractivity contribution is -0.902. The van der Waals surface area contributed by atoms with E-state index >= 15 is 0 Å². The molecule has 1 amide bonds. The topological polar surface area (TPSA) is 76.7 Å². The highest BCUT2D eigenvalue weighted by Gasteiger charge is 2.20. The van der Waals surface area contributed by atoms with E-state index in [1.165, 1.54) is 6.07 Å². The number of rotatable bonds is 6. The van der Waals surface area contributed by atoms with Crippen molar-refractivity contribution in [3.8, 4) is 0 Å². The van der Waals surface area contributed by atoms with Crippen molar-refractivity contribution in [2.45, 2.75) is 13.0 Å². The Bertz CT molecular complexity index is 751. The van der Waals surface area contributed by atoms with Gasteiger partial charge in [0.15, 0.2) is 6.54 Å². The van der Waals surface area contributed by atoms with Crippen molar-refractivity contribution < 1.29 is 14.6 Å². The molecule has 2 aromatic carbocycles. The number of halogens is 1. The number of para-hydroxylation sites is 1. The van der Waals surface area contributed by atoms with Crippen molar-refractivity contribution in [2.75, 3.05) is 18.9 Å². The quantitative estimate of drug-likeness (QED) is 0.622. The van der Waals surface area contributed by atoms with Gasteiger partial charge in [-0.2, -0.15) is 0 Å². The summed E-state index contributed by atoms with van der Waals surface area (Å²) in [5.41, 5.74) is 1.43. The Hall–Kier alpha value is -2.44. The summed E-state index contributed by atoms with van der Waals surface area (Å²) in [5, 5.41) is 14.1. The summed E-state index contributed by atoms with van der Waals surface area (Å²) < 4.78 is 0. The molecule has 0 aliphatic rings. The van der Waals surface area contributed by atoms with Gasteiger partial charge in [-0.1, -0.05) is 35.9 Å². The van der Waals surface area contributed by atoms with E-state index in [0.717, 1.165) is 10.5 Å². The van der Waals surface area contributed by atoms with Gasteiger partial charge in [-0.15, -0.1) is 0 Å². The van der Waals surface area contributed by atoms with Crippen LogP contribution in [0, 0.1) is 10.1 Å². The number of carbonyl (C=O) groups is 1. The average Bonchev–Trinajstić information content (AvgIpc) is 2.56. The molecule has 0 spiro atoms. The van der Waals surface area contributed by atoms with Crippen LogP contribution in [-0.4, -0.2) is 24.4 Å². The molecule has 0 bridgehead atoms. The number of amides is 1. The number of nitrogens with zero attached hydrogens (tertiary/aromatic N) is 1. The normalized spacial score (nSPS) is 13.1. The summed E-state index contributed by atoms with van der Waals surface area (Å²) in [6.45, 7) is 2.15. The summed E-state index contributed by atoms with van der Waals surface area (Å²) >= 11 is 6.03. The van der Waals surface area contributed by atoms with Gasteiger partial charge in [0, 0.05) is 17.7 Å². The first-order chi connectivity index (χ1) is 11.4. The number of likely N-dealkylation sites (N-methyl/N-ethyl adjacent to an activating group) is 1. The Balaban J connectivity index is 2.02. The molecule has 2 aromatic rings. The Labute approximate surface area is 145 Å². The van der Waals surface area contributed by atoms with Gasteiger partial charge in [-0.05, 0) is 19.1 Å². The molecule has 0 aliphatic heterocycles. The third-order valence-electron chi connectivity index (χ3n) is 3.91. The molecule has 2 rings (SSSR count). The third-order valence-corrected chi connectivity index (χ3v) is 4.24. The largest absolute Gasteiger partial charge is 0.324 e. The standard InChI is InChI=1S/C17H18ClN3O3/c1-12(13-6-5-7-14(10-13)21(23)24)20(2)11-17(22)19-16-9-4-3-8-15(16)18/h3-10,12H,11H2,1-2H3,(H,19,22)/p+1/t12-/m1/s1. The number of hydrogen-bond acceptors (Lipinski definition) is 3. The number of anilines is 1. The summed E-state index contributed by atoms with van der Waals surface area (Å²) in [7, 11) is 1.87. The monoisotopic (exact) mass is 348 g/mol. The van der Waals surface area contributed by atoms with E-state index in [2.05, 4.69) is 5.32 Å². The number of benzene rings is 2. The second-order valence-electron chi connectivity index (χ2n) is 5.62. The Morgan fingerprint density at radius 3 is 2.67 bits per heavy atom. The third kappa shape index (κ3) is 4.53. The highest BCUT2D eigenvalue weighted by atomic mass is 35.5. The summed E-state index contributed by atoms with van der Waals surface area (Å²) in [6, 6.07) is 13.4. The van der Waals surface area contributed by atoms with Gasteiger partial charge in [-0.25, -0.2) is 0 Å². The fourth-order valence-corrected chi connectivity index (χ4v) is 2.54. The summed E-state index contributed by atoms with van der Waals surface area (Å²) in [5.74, 6) is -0.169. The first-order valence-corrected chi connectivity index (χ1v) is 7.87. The van der Waals surface area contributed by atoms with E-state index in [1.54, 1.807) is 36.4 Å². The number of nitro groups is 1. The molecule has 0 aromatic heterocycles. The molecule has 1 unspecified atom stereocenters. The molecule has 0 saturated carbocycles. The van der Waals surface area contributed by atoms with Crippen molar-refractivity contribution in [1.82, 2.24) is 0 Å². The molecule has 2 atom stereocenters. The van der Waals surface area contributed by atoms with E-state index in [-0.39, 0.29) is 24.2 Å². The average molecular weight is 349 g/mol. The molecule has 0 saturated heterocycles. The van der Waals surface area contributed by atoms with E-state index < -0.39 is 4.92 Å². The van der Waals surface area contributed by atoms with Crippen LogP contribution in [0.25, 0.3) is 0 Å². The molecule has 0 aliphatic carbocycles. The van der Waals surface area contributed by atoms with Gasteiger partial charge < -0.3 is 10.2 Å². The number of nitro benzene ring substituents is 1. The SMILES string of the molecule is C[C@H](c1cccc([N+](=O)[O-])c1)[NH+](C)CC(=O)Nc1ccccc1Cl. The molecular formula is C17H19ClN3O3+. The highest BCUT2D eigenvalue weighted by molar-refractivity contribution is 6.33. The van der Waals surface area contributed by atoms with Crippen molar-refractivity contribution in [3.05, 3.63) is 69.2 Å². The molecule has 7 heteroatoms. The number of quaternary nitrogens is 1. The second-order valence-corrected chi connectivity index (χ2v) is 6.03. The fourth-order valence-electron chi connectivity index (χ4n) is 2.36. The number of hydrogen-bond donors (Lipinski definition) is 2. The van der Waals surface area contributed by atoms with Crippen LogP contribution in [-0.2, 0) is 4.79 Å². The van der Waals surface area contributed by atoms with E-state index in [0.29, 0.717) is 10.7 Å². The number of nitrogens with one attached hydrogen (secondary N) is 2. The van der Waals surface area contributed by atoms with Gasteiger partial charge in [0.2, 0.25) is 0 Å². The summed E-state index contributed by atoms with van der Waals surface area (Å²) in [4.78, 5) is 23.6. The Kier molecular flexibility index (Phi) is 5.89. The minimum absolute atomic E-state index is 0.0488. The minimum atomic E-state index is -0.421. The first-order valence-electron chi connectivity index (χ1n) is 7.49. The zero-order valence-corrected chi connectivity index (χ0v) is 14.2. The van der Waals surface area contributed by atoms with Crippen LogP contribution in [0.15, 0.2) is 48.5 Å². The number of carbonyl (C=O) groups excluding carboxylic acids is 1. The van der Waals surface area contributed by atoms with Crippen LogP contribution in [0.2, 0.25) is 5.02 Å². The first kappa shape index (κ1) is 17.9. The predicted molar refractivity (Wildman–Crippen MR) is 93.3 cm³/mol. The molecule has 0 heterocycles. The van der Waals surface area contributed by atoms with Crippen molar-refractivity contribution >= 4 is 28.9 Å². The highest BCUT2D eigenvalue weighted by Crippen LogP contribution is 2.20. The van der Waals surface area contributed by atoms with Crippen molar-refractivity contribution in [1.29, 1.82) is 0 Å². The van der Waals surface area contributed by atoms with Crippen LogP contribution >= 0.6 is 11.6 Å². The van der Waals surface area contributed by atoms with Gasteiger partial charge in [0.25, 0.3) is 11.6 Å². The molecule has 6 nitrogen and oxygen atoms in total.